The number of nitrogens with one attached hydrogen (secondary N) is 1. The third-order valence-electron chi connectivity index (χ3n) is 6.75. The van der Waals surface area contributed by atoms with E-state index >= 15 is 0 Å². The van der Waals surface area contributed by atoms with Gasteiger partial charge in [-0.2, -0.15) is 0 Å². The zero-order valence-corrected chi connectivity index (χ0v) is 18.2. The number of likely N-dealkylation sites (tertiary alicyclic amines) is 1. The molecule has 1 aromatic heterocycles. The summed E-state index contributed by atoms with van der Waals surface area (Å²) in [5.41, 5.74) is 4.01. The van der Waals surface area contributed by atoms with Crippen molar-refractivity contribution in [1.29, 1.82) is 0 Å². The Hall–Kier alpha value is -2.56. The van der Waals surface area contributed by atoms with E-state index in [0.717, 1.165) is 35.5 Å². The lowest BCUT2D eigenvalue weighted by Gasteiger charge is -2.27. The number of benzene rings is 1. The second-order valence-electron chi connectivity index (χ2n) is 8.83. The maximum absolute atomic E-state index is 13.3. The highest BCUT2D eigenvalue weighted by Crippen LogP contribution is 2.32. The predicted octanol–water partition coefficient (Wildman–Crippen LogP) is 4.70. The summed E-state index contributed by atoms with van der Waals surface area (Å²) in [6, 6.07) is 12.3. The largest absolute Gasteiger partial charge is 0.345 e. The van der Waals surface area contributed by atoms with Crippen molar-refractivity contribution in [2.24, 2.45) is 0 Å². The van der Waals surface area contributed by atoms with E-state index in [4.69, 9.17) is 0 Å². The van der Waals surface area contributed by atoms with Crippen molar-refractivity contribution in [3.63, 3.8) is 0 Å². The number of aromatic nitrogens is 1. The molecule has 2 aliphatic rings. The van der Waals surface area contributed by atoms with E-state index in [2.05, 4.69) is 23.7 Å². The van der Waals surface area contributed by atoms with Gasteiger partial charge < -0.3 is 14.8 Å². The zero-order valence-electron chi connectivity index (χ0n) is 18.2. The second-order valence-corrected chi connectivity index (χ2v) is 8.83. The standard InChI is InChI=1S/C25H33N3O2/c1-18-16-22(19(2)28(18)21-12-7-4-8-13-21)25(30)26-23(20-10-5-3-6-11-20)17-27-15-9-14-24(27)29/h3,5-6,10-11,16,21,23H,4,7-9,12-15,17H2,1-2H3,(H,26,30). The second kappa shape index (κ2) is 9.07. The lowest BCUT2D eigenvalue weighted by molar-refractivity contribution is -0.128. The minimum Gasteiger partial charge on any atom is -0.345 e. The summed E-state index contributed by atoms with van der Waals surface area (Å²) >= 11 is 0. The van der Waals surface area contributed by atoms with Gasteiger partial charge in [-0.25, -0.2) is 0 Å². The normalized spacial score (nSPS) is 18.6. The van der Waals surface area contributed by atoms with Gasteiger partial charge in [-0.3, -0.25) is 9.59 Å². The molecular weight excluding hydrogens is 374 g/mol. The number of nitrogens with zero attached hydrogens (tertiary/aromatic N) is 2. The molecule has 0 radical (unpaired) electrons. The molecule has 1 N–H and O–H groups in total. The number of rotatable bonds is 6. The SMILES string of the molecule is Cc1cc(C(=O)NC(CN2CCCC2=O)c2ccccc2)c(C)n1C1CCCCC1. The summed E-state index contributed by atoms with van der Waals surface area (Å²) in [4.78, 5) is 27.4. The molecule has 1 saturated carbocycles. The molecule has 2 heterocycles. The van der Waals surface area contributed by atoms with Crippen LogP contribution in [0.2, 0.25) is 0 Å². The van der Waals surface area contributed by atoms with Crippen LogP contribution in [-0.4, -0.2) is 34.4 Å². The van der Waals surface area contributed by atoms with Crippen LogP contribution < -0.4 is 5.32 Å². The Kier molecular flexibility index (Phi) is 6.26. The summed E-state index contributed by atoms with van der Waals surface area (Å²) in [7, 11) is 0. The van der Waals surface area contributed by atoms with Gasteiger partial charge in [0.2, 0.25) is 5.91 Å². The van der Waals surface area contributed by atoms with Crippen LogP contribution >= 0.6 is 0 Å². The van der Waals surface area contributed by atoms with Gasteiger partial charge in [0.1, 0.15) is 0 Å². The van der Waals surface area contributed by atoms with Gasteiger partial charge in [0.05, 0.1) is 11.6 Å². The number of hydrogen-bond acceptors (Lipinski definition) is 2. The van der Waals surface area contributed by atoms with Crippen LogP contribution in [0.4, 0.5) is 0 Å². The van der Waals surface area contributed by atoms with Crippen LogP contribution in [0.15, 0.2) is 36.4 Å². The van der Waals surface area contributed by atoms with Gasteiger partial charge >= 0.3 is 0 Å². The van der Waals surface area contributed by atoms with Crippen LogP contribution in [0.1, 0.15) is 84.3 Å². The molecule has 5 heteroatoms. The summed E-state index contributed by atoms with van der Waals surface area (Å²) in [6.07, 6.45) is 7.75. The maximum Gasteiger partial charge on any atom is 0.253 e. The highest BCUT2D eigenvalue weighted by molar-refractivity contribution is 5.96. The van der Waals surface area contributed by atoms with Gasteiger partial charge in [0, 0.05) is 36.9 Å². The number of hydrogen-bond donors (Lipinski definition) is 1. The van der Waals surface area contributed by atoms with Crippen LogP contribution in [-0.2, 0) is 4.79 Å². The number of carbonyl (C=O) groups excluding carboxylic acids is 2. The Labute approximate surface area is 179 Å². The Bertz CT molecular complexity index is 897. The minimum atomic E-state index is -0.210. The molecule has 1 atom stereocenters. The number of aryl methyl sites for hydroxylation is 1. The molecule has 1 aliphatic heterocycles. The molecule has 160 valence electrons. The molecule has 4 rings (SSSR count). The summed E-state index contributed by atoms with van der Waals surface area (Å²) in [6.45, 7) is 5.47. The molecule has 0 spiro atoms. The van der Waals surface area contributed by atoms with Crippen LogP contribution in [0.3, 0.4) is 0 Å². The molecule has 5 nitrogen and oxygen atoms in total. The van der Waals surface area contributed by atoms with Crippen molar-refractivity contribution in [3.8, 4) is 0 Å². The average molecular weight is 408 g/mol. The number of amides is 2. The first-order chi connectivity index (χ1) is 14.5. The minimum absolute atomic E-state index is 0.0503. The van der Waals surface area contributed by atoms with Crippen molar-refractivity contribution in [3.05, 3.63) is 58.9 Å². The van der Waals surface area contributed by atoms with E-state index in [1.165, 1.54) is 32.1 Å². The lowest BCUT2D eigenvalue weighted by atomic mass is 9.95. The molecular formula is C25H33N3O2. The van der Waals surface area contributed by atoms with Gasteiger partial charge in [-0.1, -0.05) is 49.6 Å². The summed E-state index contributed by atoms with van der Waals surface area (Å²) in [5, 5.41) is 3.24. The highest BCUT2D eigenvalue weighted by Gasteiger charge is 2.27. The van der Waals surface area contributed by atoms with Crippen LogP contribution in [0.5, 0.6) is 0 Å². The third kappa shape index (κ3) is 4.30. The molecule has 1 saturated heterocycles. The van der Waals surface area contributed by atoms with Crippen molar-refractivity contribution in [2.75, 3.05) is 13.1 Å². The first kappa shape index (κ1) is 20.7. The molecule has 30 heavy (non-hydrogen) atoms. The Balaban J connectivity index is 1.56. The molecule has 2 fully saturated rings. The summed E-state index contributed by atoms with van der Waals surface area (Å²) < 4.78 is 2.37. The fourth-order valence-electron chi connectivity index (χ4n) is 5.18. The average Bonchev–Trinajstić information content (AvgIpc) is 3.30. The van der Waals surface area contributed by atoms with E-state index in [0.29, 0.717) is 19.0 Å². The van der Waals surface area contributed by atoms with E-state index in [9.17, 15) is 9.59 Å². The Morgan fingerprint density at radius 1 is 1.10 bits per heavy atom. The first-order valence-corrected chi connectivity index (χ1v) is 11.4. The molecule has 1 aliphatic carbocycles. The van der Waals surface area contributed by atoms with E-state index < -0.39 is 0 Å². The first-order valence-electron chi connectivity index (χ1n) is 11.4. The molecule has 2 aromatic rings. The monoisotopic (exact) mass is 407 g/mol. The lowest BCUT2D eigenvalue weighted by Crippen LogP contribution is -2.38. The molecule has 2 amide bonds. The van der Waals surface area contributed by atoms with Gasteiger partial charge in [0.25, 0.3) is 5.91 Å². The van der Waals surface area contributed by atoms with Crippen molar-refractivity contribution in [1.82, 2.24) is 14.8 Å². The van der Waals surface area contributed by atoms with Crippen molar-refractivity contribution < 1.29 is 9.59 Å². The van der Waals surface area contributed by atoms with Crippen molar-refractivity contribution in [2.45, 2.75) is 70.9 Å². The van der Waals surface area contributed by atoms with Crippen LogP contribution in [0.25, 0.3) is 0 Å². The van der Waals surface area contributed by atoms with Gasteiger partial charge in [-0.05, 0) is 44.7 Å². The topological polar surface area (TPSA) is 54.3 Å². The van der Waals surface area contributed by atoms with Gasteiger partial charge in [-0.15, -0.1) is 0 Å². The third-order valence-corrected chi connectivity index (χ3v) is 6.75. The number of carbonyl (C=O) groups is 2. The van der Waals surface area contributed by atoms with Crippen LogP contribution in [0, 0.1) is 13.8 Å². The van der Waals surface area contributed by atoms with E-state index in [1.54, 1.807) is 0 Å². The zero-order chi connectivity index (χ0) is 21.1. The van der Waals surface area contributed by atoms with Gasteiger partial charge in [0.15, 0.2) is 0 Å². The Morgan fingerprint density at radius 3 is 2.50 bits per heavy atom. The van der Waals surface area contributed by atoms with E-state index in [1.807, 2.05) is 41.3 Å². The quantitative estimate of drug-likeness (QED) is 0.754. The van der Waals surface area contributed by atoms with Crippen molar-refractivity contribution >= 4 is 11.8 Å². The smallest absolute Gasteiger partial charge is 0.253 e. The predicted molar refractivity (Wildman–Crippen MR) is 118 cm³/mol. The molecule has 1 aromatic carbocycles. The fourth-order valence-corrected chi connectivity index (χ4v) is 5.18. The summed E-state index contributed by atoms with van der Waals surface area (Å²) in [5.74, 6) is 0.131. The fraction of sp³-hybridized carbons (Fsp3) is 0.520. The highest BCUT2D eigenvalue weighted by atomic mass is 16.2. The maximum atomic E-state index is 13.3. The molecule has 0 bridgehead atoms. The van der Waals surface area contributed by atoms with E-state index in [-0.39, 0.29) is 17.9 Å². The molecule has 1 unspecified atom stereocenters. The Morgan fingerprint density at radius 2 is 1.83 bits per heavy atom.